The van der Waals surface area contributed by atoms with E-state index in [9.17, 15) is 0 Å². The highest BCUT2D eigenvalue weighted by molar-refractivity contribution is 6.03. The molecule has 0 spiro atoms. The van der Waals surface area contributed by atoms with Gasteiger partial charge in [-0.1, -0.05) is 17.3 Å². The molecule has 1 atom stereocenters. The van der Waals surface area contributed by atoms with Gasteiger partial charge in [-0.05, 0) is 12.1 Å². The van der Waals surface area contributed by atoms with Crippen LogP contribution in [0.15, 0.2) is 29.4 Å². The van der Waals surface area contributed by atoms with Gasteiger partial charge in [0, 0.05) is 0 Å². The predicted octanol–water partition coefficient (Wildman–Crippen LogP) is 0.0866. The largest absolute Gasteiger partial charge is 0.337 e. The Labute approximate surface area is 85.1 Å². The summed E-state index contributed by atoms with van der Waals surface area (Å²) in [4.78, 5) is 12.2. The van der Waals surface area contributed by atoms with Crippen molar-refractivity contribution in [3.05, 3.63) is 30.1 Å². The van der Waals surface area contributed by atoms with Crippen molar-refractivity contribution in [1.29, 1.82) is 0 Å². The zero-order chi connectivity index (χ0) is 10.3. The fraction of sp³-hybridized carbons (Fsp3) is 0.111. The summed E-state index contributed by atoms with van der Waals surface area (Å²) in [7, 11) is 0. The summed E-state index contributed by atoms with van der Waals surface area (Å²) < 4.78 is 0. The van der Waals surface area contributed by atoms with Crippen molar-refractivity contribution in [3.8, 4) is 0 Å². The molecule has 0 bridgehead atoms. The van der Waals surface area contributed by atoms with Crippen LogP contribution in [0, 0.1) is 0 Å². The minimum absolute atomic E-state index is 0.439. The van der Waals surface area contributed by atoms with Crippen LogP contribution in [-0.2, 0) is 4.94 Å². The molecule has 0 radical (unpaired) electrons. The molecular formula is C9H9N5O. The molecule has 0 fully saturated rings. The number of benzene rings is 1. The molecule has 0 aliphatic carbocycles. The van der Waals surface area contributed by atoms with Crippen LogP contribution in [-0.4, -0.2) is 21.8 Å². The van der Waals surface area contributed by atoms with E-state index in [1.165, 1.54) is 0 Å². The number of oxime groups is 1. The number of hydrogen-bond donors (Lipinski definition) is 3. The topological polar surface area (TPSA) is 88.3 Å². The molecule has 6 nitrogen and oxygen atoms in total. The monoisotopic (exact) mass is 203 g/mol. The molecule has 2 aromatic rings. The number of para-hydroxylation sites is 2. The van der Waals surface area contributed by atoms with Gasteiger partial charge < -0.3 is 10.7 Å². The average molecular weight is 203 g/mol. The van der Waals surface area contributed by atoms with Crippen LogP contribution >= 0.6 is 0 Å². The van der Waals surface area contributed by atoms with Crippen LogP contribution in [0.1, 0.15) is 5.82 Å². The van der Waals surface area contributed by atoms with E-state index in [-0.39, 0.29) is 0 Å². The number of hydrogen-bond acceptors (Lipinski definition) is 5. The summed E-state index contributed by atoms with van der Waals surface area (Å²) >= 11 is 0. The van der Waals surface area contributed by atoms with E-state index in [1.54, 1.807) is 0 Å². The maximum atomic E-state index is 5.71. The van der Waals surface area contributed by atoms with Crippen LogP contribution < -0.4 is 11.2 Å². The molecule has 0 amide bonds. The van der Waals surface area contributed by atoms with E-state index in [1.807, 2.05) is 24.3 Å². The molecular weight excluding hydrogens is 194 g/mol. The fourth-order valence-electron chi connectivity index (χ4n) is 1.51. The summed E-state index contributed by atoms with van der Waals surface area (Å²) in [5, 5.41) is 3.77. The lowest BCUT2D eigenvalue weighted by Crippen LogP contribution is -2.39. The van der Waals surface area contributed by atoms with E-state index in [0.29, 0.717) is 11.5 Å². The Hall–Kier alpha value is -1.92. The van der Waals surface area contributed by atoms with E-state index < -0.39 is 6.17 Å². The number of nitrogens with two attached hydrogens (primary N) is 1. The SMILES string of the molecule is NC1NON=C1c1nc2ccccc2[nH]1. The molecule has 1 aliphatic rings. The van der Waals surface area contributed by atoms with Gasteiger partial charge in [-0.2, -0.15) is 0 Å². The molecule has 2 heterocycles. The first-order chi connectivity index (χ1) is 7.34. The van der Waals surface area contributed by atoms with E-state index >= 15 is 0 Å². The smallest absolute Gasteiger partial charge is 0.159 e. The summed E-state index contributed by atoms with van der Waals surface area (Å²) in [5.41, 5.74) is 10.6. The normalized spacial score (nSPS) is 20.3. The fourth-order valence-corrected chi connectivity index (χ4v) is 1.51. The highest BCUT2D eigenvalue weighted by atomic mass is 16.8. The third kappa shape index (κ3) is 1.27. The van der Waals surface area contributed by atoms with Crippen molar-refractivity contribution in [2.24, 2.45) is 10.9 Å². The van der Waals surface area contributed by atoms with E-state index in [2.05, 4.69) is 25.5 Å². The second-order valence-electron chi connectivity index (χ2n) is 3.27. The van der Waals surface area contributed by atoms with Gasteiger partial charge in [-0.3, -0.25) is 4.94 Å². The Morgan fingerprint density at radius 3 is 2.93 bits per heavy atom. The number of rotatable bonds is 1. The van der Waals surface area contributed by atoms with Gasteiger partial charge in [0.15, 0.2) is 11.5 Å². The first-order valence-electron chi connectivity index (χ1n) is 4.55. The molecule has 1 unspecified atom stereocenters. The standard InChI is InChI=1S/C9H9N5O/c10-8-7(13-15-14-8)9-11-5-3-1-2-4-6(5)12-9/h1-4,8,14H,10H2,(H,11,12). The Morgan fingerprint density at radius 2 is 2.20 bits per heavy atom. The summed E-state index contributed by atoms with van der Waals surface area (Å²) in [5.74, 6) is 0.633. The lowest BCUT2D eigenvalue weighted by molar-refractivity contribution is 0.0610. The van der Waals surface area contributed by atoms with Crippen molar-refractivity contribution in [3.63, 3.8) is 0 Å². The molecule has 1 aromatic carbocycles. The molecule has 76 valence electrons. The van der Waals surface area contributed by atoms with Gasteiger partial charge >= 0.3 is 0 Å². The van der Waals surface area contributed by atoms with Crippen LogP contribution in [0.4, 0.5) is 0 Å². The second kappa shape index (κ2) is 3.04. The van der Waals surface area contributed by atoms with Gasteiger partial charge in [0.2, 0.25) is 0 Å². The zero-order valence-electron chi connectivity index (χ0n) is 7.77. The van der Waals surface area contributed by atoms with Gasteiger partial charge in [0.1, 0.15) is 6.17 Å². The van der Waals surface area contributed by atoms with Crippen molar-refractivity contribution >= 4 is 16.7 Å². The molecule has 1 aromatic heterocycles. The maximum absolute atomic E-state index is 5.71. The first kappa shape index (κ1) is 8.39. The Bertz CT molecular complexity index is 499. The number of aromatic nitrogens is 2. The van der Waals surface area contributed by atoms with Crippen LogP contribution in [0.25, 0.3) is 11.0 Å². The van der Waals surface area contributed by atoms with Crippen LogP contribution in [0.5, 0.6) is 0 Å². The first-order valence-corrected chi connectivity index (χ1v) is 4.55. The highest BCUT2D eigenvalue weighted by Gasteiger charge is 2.23. The number of H-pyrrole nitrogens is 1. The zero-order valence-corrected chi connectivity index (χ0v) is 7.77. The number of hydroxylamine groups is 1. The van der Waals surface area contributed by atoms with Crippen LogP contribution in [0.3, 0.4) is 0 Å². The van der Waals surface area contributed by atoms with E-state index in [0.717, 1.165) is 11.0 Å². The number of nitrogens with one attached hydrogen (secondary N) is 2. The summed E-state index contributed by atoms with van der Waals surface area (Å²) in [6.07, 6.45) is -0.439. The third-order valence-corrected chi connectivity index (χ3v) is 2.25. The van der Waals surface area contributed by atoms with Gasteiger partial charge in [0.25, 0.3) is 0 Å². The molecule has 15 heavy (non-hydrogen) atoms. The van der Waals surface area contributed by atoms with Crippen molar-refractivity contribution in [2.75, 3.05) is 0 Å². The second-order valence-corrected chi connectivity index (χ2v) is 3.27. The van der Waals surface area contributed by atoms with Crippen molar-refractivity contribution in [1.82, 2.24) is 15.4 Å². The number of aromatic amines is 1. The van der Waals surface area contributed by atoms with Crippen molar-refractivity contribution < 1.29 is 4.94 Å². The lowest BCUT2D eigenvalue weighted by atomic mass is 10.3. The minimum atomic E-state index is -0.439. The summed E-state index contributed by atoms with van der Waals surface area (Å²) in [6, 6.07) is 7.74. The Morgan fingerprint density at radius 1 is 1.33 bits per heavy atom. The highest BCUT2D eigenvalue weighted by Crippen LogP contribution is 2.12. The number of nitrogens with zero attached hydrogens (tertiary/aromatic N) is 2. The molecule has 0 saturated heterocycles. The third-order valence-electron chi connectivity index (χ3n) is 2.25. The van der Waals surface area contributed by atoms with Crippen LogP contribution in [0.2, 0.25) is 0 Å². The van der Waals surface area contributed by atoms with Gasteiger partial charge in [0.05, 0.1) is 11.0 Å². The average Bonchev–Trinajstić information content (AvgIpc) is 2.82. The number of imidazole rings is 1. The molecule has 3 rings (SSSR count). The predicted molar refractivity (Wildman–Crippen MR) is 54.8 cm³/mol. The molecule has 4 N–H and O–H groups in total. The van der Waals surface area contributed by atoms with Gasteiger partial charge in [-0.25, -0.2) is 4.98 Å². The Kier molecular flexibility index (Phi) is 1.70. The Balaban J connectivity index is 2.12. The maximum Gasteiger partial charge on any atom is 0.159 e. The van der Waals surface area contributed by atoms with Gasteiger partial charge in [-0.15, -0.1) is 5.48 Å². The molecule has 1 aliphatic heterocycles. The minimum Gasteiger partial charge on any atom is -0.337 e. The van der Waals surface area contributed by atoms with E-state index in [4.69, 9.17) is 5.73 Å². The van der Waals surface area contributed by atoms with Crippen molar-refractivity contribution in [2.45, 2.75) is 6.17 Å². The summed E-state index contributed by atoms with van der Waals surface area (Å²) in [6.45, 7) is 0. The number of fused-ring (bicyclic) bond motifs is 1. The lowest BCUT2D eigenvalue weighted by Gasteiger charge is -1.99. The quantitative estimate of drug-likeness (QED) is 0.612. The molecule has 6 heteroatoms. The molecule has 0 saturated carbocycles.